The van der Waals surface area contributed by atoms with Gasteiger partial charge in [-0.15, -0.1) is 0 Å². The van der Waals surface area contributed by atoms with Crippen LogP contribution in [-0.2, 0) is 0 Å². The minimum Gasteiger partial charge on any atom is -0.329 e. The number of para-hydroxylation sites is 2. The molecule has 0 spiro atoms. The Balaban J connectivity index is 1.79. The third-order valence-electron chi connectivity index (χ3n) is 5.37. The van der Waals surface area contributed by atoms with E-state index < -0.39 is 6.04 Å². The summed E-state index contributed by atoms with van der Waals surface area (Å²) in [6.07, 6.45) is 0. The van der Waals surface area contributed by atoms with Gasteiger partial charge in [0.25, 0.3) is 0 Å². The summed E-state index contributed by atoms with van der Waals surface area (Å²) in [7, 11) is 0. The molecule has 0 bridgehead atoms. The SMILES string of the molecule is CC1=C(C(=O)c2ccccc2)C(c2ccc(Cl)cc2Cl)n2c(nc3ccccc32)N1. The number of Topliss-reactive ketones (excluding diaryl/α,β-unsaturated/α-hetero) is 1. The number of anilines is 1. The van der Waals surface area contributed by atoms with Crippen LogP contribution in [0.15, 0.2) is 84.1 Å². The highest BCUT2D eigenvalue weighted by Gasteiger charge is 2.35. The molecule has 1 N–H and O–H groups in total. The summed E-state index contributed by atoms with van der Waals surface area (Å²) in [4.78, 5) is 18.4. The second-order valence-corrected chi connectivity index (χ2v) is 8.06. The van der Waals surface area contributed by atoms with Crippen LogP contribution in [0.1, 0.15) is 28.9 Å². The average molecular weight is 434 g/mol. The number of imidazole rings is 1. The van der Waals surface area contributed by atoms with Crippen molar-refractivity contribution in [1.82, 2.24) is 9.55 Å². The Labute approximate surface area is 183 Å². The number of ketones is 1. The largest absolute Gasteiger partial charge is 0.329 e. The van der Waals surface area contributed by atoms with Gasteiger partial charge in [0, 0.05) is 26.9 Å². The Morgan fingerprint density at radius 2 is 1.73 bits per heavy atom. The monoisotopic (exact) mass is 433 g/mol. The summed E-state index contributed by atoms with van der Waals surface area (Å²) in [5.41, 5.74) is 4.56. The molecule has 1 aliphatic rings. The highest BCUT2D eigenvalue weighted by molar-refractivity contribution is 6.35. The van der Waals surface area contributed by atoms with Crippen LogP contribution in [0, 0.1) is 0 Å². The van der Waals surface area contributed by atoms with Gasteiger partial charge in [0.05, 0.1) is 17.1 Å². The van der Waals surface area contributed by atoms with E-state index in [-0.39, 0.29) is 5.78 Å². The van der Waals surface area contributed by atoms with E-state index >= 15 is 0 Å². The predicted molar refractivity (Wildman–Crippen MR) is 121 cm³/mol. The molecule has 5 rings (SSSR count). The number of nitrogens with one attached hydrogen (secondary N) is 1. The first-order chi connectivity index (χ1) is 14.5. The molecule has 1 atom stereocenters. The van der Waals surface area contributed by atoms with Crippen molar-refractivity contribution in [3.63, 3.8) is 0 Å². The molecule has 0 fully saturated rings. The van der Waals surface area contributed by atoms with Crippen molar-refractivity contribution in [2.24, 2.45) is 0 Å². The van der Waals surface area contributed by atoms with Crippen LogP contribution in [0.4, 0.5) is 5.95 Å². The van der Waals surface area contributed by atoms with Crippen molar-refractivity contribution in [3.8, 4) is 0 Å². The van der Waals surface area contributed by atoms with Gasteiger partial charge in [0.1, 0.15) is 0 Å². The third-order valence-corrected chi connectivity index (χ3v) is 5.93. The number of fused-ring (bicyclic) bond motifs is 3. The molecule has 0 saturated carbocycles. The van der Waals surface area contributed by atoms with Crippen molar-refractivity contribution in [2.45, 2.75) is 13.0 Å². The first kappa shape index (κ1) is 18.9. The highest BCUT2D eigenvalue weighted by Crippen LogP contribution is 2.42. The van der Waals surface area contributed by atoms with E-state index in [1.165, 1.54) is 0 Å². The van der Waals surface area contributed by atoms with E-state index in [0.717, 1.165) is 22.3 Å². The molecule has 0 saturated heterocycles. The number of carbonyl (C=O) groups excluding carboxylic acids is 1. The Hall–Kier alpha value is -3.08. The molecule has 30 heavy (non-hydrogen) atoms. The van der Waals surface area contributed by atoms with E-state index in [1.807, 2.05) is 72.2 Å². The number of nitrogens with zero attached hydrogens (tertiary/aromatic N) is 2. The van der Waals surface area contributed by atoms with Crippen LogP contribution in [0.2, 0.25) is 10.0 Å². The molecule has 0 aliphatic carbocycles. The highest BCUT2D eigenvalue weighted by atomic mass is 35.5. The Kier molecular flexibility index (Phi) is 4.61. The molecule has 1 aliphatic heterocycles. The van der Waals surface area contributed by atoms with Crippen molar-refractivity contribution < 1.29 is 4.79 Å². The third kappa shape index (κ3) is 3.00. The van der Waals surface area contributed by atoms with Gasteiger partial charge in [-0.05, 0) is 36.8 Å². The lowest BCUT2D eigenvalue weighted by atomic mass is 9.89. The van der Waals surface area contributed by atoms with Gasteiger partial charge in [-0.25, -0.2) is 4.98 Å². The maximum absolute atomic E-state index is 13.6. The van der Waals surface area contributed by atoms with E-state index in [2.05, 4.69) is 5.32 Å². The van der Waals surface area contributed by atoms with Gasteiger partial charge in [-0.3, -0.25) is 9.36 Å². The van der Waals surface area contributed by atoms with Crippen molar-refractivity contribution in [3.05, 3.63) is 105 Å². The normalized spacial score (nSPS) is 15.8. The molecule has 4 aromatic rings. The maximum atomic E-state index is 13.6. The summed E-state index contributed by atoms with van der Waals surface area (Å²) in [6, 6.07) is 22.1. The van der Waals surface area contributed by atoms with E-state index in [4.69, 9.17) is 28.2 Å². The molecule has 148 valence electrons. The molecule has 4 nitrogen and oxygen atoms in total. The summed E-state index contributed by atoms with van der Waals surface area (Å²) in [5.74, 6) is 0.620. The molecule has 0 radical (unpaired) electrons. The number of halogens is 2. The molecule has 3 aromatic carbocycles. The molecule has 1 aromatic heterocycles. The van der Waals surface area contributed by atoms with Crippen LogP contribution >= 0.6 is 23.2 Å². The lowest BCUT2D eigenvalue weighted by Gasteiger charge is -2.31. The summed E-state index contributed by atoms with van der Waals surface area (Å²) in [6.45, 7) is 1.90. The number of rotatable bonds is 3. The fourth-order valence-electron chi connectivity index (χ4n) is 4.02. The first-order valence-electron chi connectivity index (χ1n) is 9.54. The Bertz CT molecular complexity index is 1330. The van der Waals surface area contributed by atoms with Gasteiger partial charge in [-0.2, -0.15) is 0 Å². The Morgan fingerprint density at radius 3 is 2.50 bits per heavy atom. The second kappa shape index (κ2) is 7.31. The quantitative estimate of drug-likeness (QED) is 0.374. The fourth-order valence-corrected chi connectivity index (χ4v) is 4.53. The van der Waals surface area contributed by atoms with Crippen LogP contribution < -0.4 is 5.32 Å². The minimum atomic E-state index is -0.439. The zero-order valence-corrected chi connectivity index (χ0v) is 17.6. The number of allylic oxidation sites excluding steroid dienone is 2. The van der Waals surface area contributed by atoms with Gasteiger partial charge in [0.2, 0.25) is 5.95 Å². The summed E-state index contributed by atoms with van der Waals surface area (Å²) in [5, 5.41) is 4.37. The zero-order chi connectivity index (χ0) is 20.8. The summed E-state index contributed by atoms with van der Waals surface area (Å²) < 4.78 is 2.04. The van der Waals surface area contributed by atoms with Crippen LogP contribution in [-0.4, -0.2) is 15.3 Å². The van der Waals surface area contributed by atoms with Gasteiger partial charge >= 0.3 is 0 Å². The molecular formula is C24H17Cl2N3O. The van der Waals surface area contributed by atoms with Crippen LogP contribution in [0.5, 0.6) is 0 Å². The zero-order valence-electron chi connectivity index (χ0n) is 16.1. The van der Waals surface area contributed by atoms with E-state index in [1.54, 1.807) is 12.1 Å². The summed E-state index contributed by atoms with van der Waals surface area (Å²) >= 11 is 12.8. The standard InChI is InChI=1S/C24H17Cl2N3O/c1-14-21(23(30)15-7-3-2-4-8-15)22(17-12-11-16(25)13-18(17)26)29-20-10-6-5-9-19(20)28-24(29)27-14/h2-13,22H,1H3,(H,27,28). The van der Waals surface area contributed by atoms with Gasteiger partial charge in [0.15, 0.2) is 5.78 Å². The minimum absolute atomic E-state index is 0.0555. The number of carbonyl (C=O) groups is 1. The number of hydrogen-bond acceptors (Lipinski definition) is 3. The number of hydrogen-bond donors (Lipinski definition) is 1. The Morgan fingerprint density at radius 1 is 1.00 bits per heavy atom. The van der Waals surface area contributed by atoms with Crippen LogP contribution in [0.3, 0.4) is 0 Å². The topological polar surface area (TPSA) is 46.9 Å². The average Bonchev–Trinajstić information content (AvgIpc) is 3.11. The second-order valence-electron chi connectivity index (χ2n) is 7.22. The number of aromatic nitrogens is 2. The van der Waals surface area contributed by atoms with Gasteiger partial charge in [-0.1, -0.05) is 71.7 Å². The molecular weight excluding hydrogens is 417 g/mol. The maximum Gasteiger partial charge on any atom is 0.209 e. The smallest absolute Gasteiger partial charge is 0.209 e. The van der Waals surface area contributed by atoms with E-state index in [0.29, 0.717) is 27.1 Å². The van der Waals surface area contributed by atoms with Crippen molar-refractivity contribution >= 4 is 46.0 Å². The van der Waals surface area contributed by atoms with E-state index in [9.17, 15) is 4.79 Å². The van der Waals surface area contributed by atoms with Crippen LogP contribution in [0.25, 0.3) is 11.0 Å². The van der Waals surface area contributed by atoms with Crippen molar-refractivity contribution in [2.75, 3.05) is 5.32 Å². The fraction of sp³-hybridized carbons (Fsp3) is 0.0833. The van der Waals surface area contributed by atoms with Gasteiger partial charge < -0.3 is 5.32 Å². The first-order valence-corrected chi connectivity index (χ1v) is 10.3. The molecule has 2 heterocycles. The number of benzene rings is 3. The molecule has 1 unspecified atom stereocenters. The molecule has 0 amide bonds. The lowest BCUT2D eigenvalue weighted by molar-refractivity contribution is 0.102. The lowest BCUT2D eigenvalue weighted by Crippen LogP contribution is -2.28. The predicted octanol–water partition coefficient (Wildman–Crippen LogP) is 6.51. The van der Waals surface area contributed by atoms with Crippen molar-refractivity contribution in [1.29, 1.82) is 0 Å². The molecule has 6 heteroatoms.